The number of likely N-dealkylation sites (tertiary alicyclic amines) is 1. The van der Waals surface area contributed by atoms with E-state index < -0.39 is 5.91 Å². The Hall–Kier alpha value is -4.44. The first-order valence-electron chi connectivity index (χ1n) is 10.0. The van der Waals surface area contributed by atoms with Crippen LogP contribution in [0.3, 0.4) is 0 Å². The van der Waals surface area contributed by atoms with Crippen LogP contribution in [0.4, 0.5) is 11.8 Å². The lowest BCUT2D eigenvalue weighted by atomic mass is 10.1. The number of nitrogens with zero attached hydrogens (tertiary/aromatic N) is 3. The molecule has 10 heteroatoms. The van der Waals surface area contributed by atoms with Crippen molar-refractivity contribution in [1.82, 2.24) is 14.9 Å². The molecule has 1 saturated heterocycles. The lowest BCUT2D eigenvalue weighted by Crippen LogP contribution is -2.31. The van der Waals surface area contributed by atoms with Crippen LogP contribution >= 0.6 is 0 Å². The van der Waals surface area contributed by atoms with E-state index in [1.165, 1.54) is 14.2 Å². The van der Waals surface area contributed by atoms with E-state index >= 15 is 0 Å². The molecule has 1 aliphatic heterocycles. The van der Waals surface area contributed by atoms with Crippen LogP contribution in [0.15, 0.2) is 18.2 Å². The monoisotopic (exact) mass is 448 g/mol. The van der Waals surface area contributed by atoms with Crippen molar-refractivity contribution in [1.29, 1.82) is 0 Å². The lowest BCUT2D eigenvalue weighted by Gasteiger charge is -2.15. The summed E-state index contributed by atoms with van der Waals surface area (Å²) in [6.07, 6.45) is 0.683. The Labute approximate surface area is 191 Å². The number of benzene rings is 1. The molecule has 0 radical (unpaired) electrons. The Morgan fingerprint density at radius 2 is 1.85 bits per heavy atom. The van der Waals surface area contributed by atoms with E-state index in [0.717, 1.165) is 0 Å². The van der Waals surface area contributed by atoms with Gasteiger partial charge in [-0.2, -0.15) is 4.98 Å². The van der Waals surface area contributed by atoms with Crippen molar-refractivity contribution in [3.63, 3.8) is 0 Å². The van der Waals surface area contributed by atoms with Gasteiger partial charge in [-0.25, -0.2) is 4.98 Å². The van der Waals surface area contributed by atoms with E-state index in [0.29, 0.717) is 36.6 Å². The van der Waals surface area contributed by atoms with Crippen LogP contribution in [0.5, 0.6) is 11.5 Å². The van der Waals surface area contributed by atoms with Gasteiger partial charge in [0.2, 0.25) is 5.95 Å². The normalized spacial score (nSPS) is 14.4. The van der Waals surface area contributed by atoms with Gasteiger partial charge in [0.05, 0.1) is 14.2 Å². The number of hydrogen-bond acceptors (Lipinski definition) is 8. The summed E-state index contributed by atoms with van der Waals surface area (Å²) in [4.78, 5) is 34.1. The number of amides is 2. The summed E-state index contributed by atoms with van der Waals surface area (Å²) in [7, 11) is 3.07. The van der Waals surface area contributed by atoms with Crippen LogP contribution < -0.4 is 26.3 Å². The number of methoxy groups -OCH3 is 2. The predicted molar refractivity (Wildman–Crippen MR) is 123 cm³/mol. The molecule has 2 amide bonds. The van der Waals surface area contributed by atoms with Crippen molar-refractivity contribution in [2.45, 2.75) is 19.4 Å². The Morgan fingerprint density at radius 1 is 1.15 bits per heavy atom. The topological polar surface area (TPSA) is 146 Å². The van der Waals surface area contributed by atoms with Crippen LogP contribution in [0, 0.1) is 23.7 Å². The molecule has 3 rings (SSSR count). The number of anilines is 2. The molecule has 0 spiro atoms. The average molecular weight is 448 g/mol. The number of ether oxygens (including phenoxy) is 2. The molecule has 0 saturated carbocycles. The summed E-state index contributed by atoms with van der Waals surface area (Å²) in [6, 6.07) is 5.04. The molecule has 1 aliphatic rings. The predicted octanol–water partition coefficient (Wildman–Crippen LogP) is 0.611. The highest BCUT2D eigenvalue weighted by Gasteiger charge is 2.26. The molecule has 0 bridgehead atoms. The highest BCUT2D eigenvalue weighted by atomic mass is 16.5. The Balaban J connectivity index is 1.90. The van der Waals surface area contributed by atoms with E-state index in [1.54, 1.807) is 30.0 Å². The zero-order valence-corrected chi connectivity index (χ0v) is 18.6. The van der Waals surface area contributed by atoms with Crippen molar-refractivity contribution in [2.24, 2.45) is 5.73 Å². The maximum Gasteiger partial charge on any atom is 0.298 e. The van der Waals surface area contributed by atoms with Crippen molar-refractivity contribution in [3.8, 4) is 35.2 Å². The maximum absolute atomic E-state index is 12.0. The van der Waals surface area contributed by atoms with Gasteiger partial charge < -0.3 is 31.2 Å². The second-order valence-electron chi connectivity index (χ2n) is 7.13. The molecule has 10 nitrogen and oxygen atoms in total. The number of primary amides is 1. The minimum absolute atomic E-state index is 0.0654. The van der Waals surface area contributed by atoms with Crippen LogP contribution in [0.1, 0.15) is 35.0 Å². The van der Waals surface area contributed by atoms with E-state index in [-0.39, 0.29) is 35.0 Å². The van der Waals surface area contributed by atoms with Crippen LogP contribution in [0.25, 0.3) is 0 Å². The van der Waals surface area contributed by atoms with E-state index in [1.807, 2.05) is 0 Å². The fourth-order valence-electron chi connectivity index (χ4n) is 3.32. The zero-order chi connectivity index (χ0) is 24.0. The van der Waals surface area contributed by atoms with Crippen molar-refractivity contribution < 1.29 is 19.1 Å². The van der Waals surface area contributed by atoms with Gasteiger partial charge in [-0.05, 0) is 37.3 Å². The third-order valence-corrected chi connectivity index (χ3v) is 4.90. The largest absolute Gasteiger partial charge is 0.497 e. The molecule has 170 valence electrons. The smallest absolute Gasteiger partial charge is 0.298 e. The number of nitrogens with one attached hydrogen (secondary N) is 1. The molecule has 2 aromatic rings. The molecule has 2 heterocycles. The first-order valence-corrected chi connectivity index (χ1v) is 10.0. The van der Waals surface area contributed by atoms with Crippen molar-refractivity contribution in [3.05, 3.63) is 35.0 Å². The summed E-state index contributed by atoms with van der Waals surface area (Å²) in [5.41, 5.74) is 12.1. The van der Waals surface area contributed by atoms with Gasteiger partial charge in [0.1, 0.15) is 28.6 Å². The first kappa shape index (κ1) is 23.2. The summed E-state index contributed by atoms with van der Waals surface area (Å²) in [5.74, 6) is 11.1. The standard InChI is InChI=1S/C23H24N6O4/c1-4-5-19(30)29-9-8-15(13-29)26-23-27-18(20(22(25)31)21(24)28-23)7-6-14-10-16(32-2)12-17(11-14)33-3/h10-12,15H,8-9,13H2,1-3H3,(H2,25,31)(H3,24,26,27,28). The molecular weight excluding hydrogens is 424 g/mol. The molecule has 1 aromatic heterocycles. The molecule has 5 N–H and O–H groups in total. The van der Waals surface area contributed by atoms with Gasteiger partial charge in [-0.3, -0.25) is 9.59 Å². The summed E-state index contributed by atoms with van der Waals surface area (Å²) in [6.45, 7) is 2.62. The summed E-state index contributed by atoms with van der Waals surface area (Å²) in [5, 5.41) is 3.15. The second kappa shape index (κ2) is 10.2. The van der Waals surface area contributed by atoms with Gasteiger partial charge in [0, 0.05) is 30.8 Å². The number of nitrogens with two attached hydrogens (primary N) is 2. The fourth-order valence-corrected chi connectivity index (χ4v) is 3.32. The number of rotatable bonds is 5. The third-order valence-electron chi connectivity index (χ3n) is 4.90. The lowest BCUT2D eigenvalue weighted by molar-refractivity contribution is -0.124. The van der Waals surface area contributed by atoms with Crippen LogP contribution in [-0.4, -0.2) is 60.0 Å². The Morgan fingerprint density at radius 3 is 2.45 bits per heavy atom. The fraction of sp³-hybridized carbons (Fsp3) is 0.304. The van der Waals surface area contributed by atoms with Gasteiger partial charge >= 0.3 is 0 Å². The quantitative estimate of drug-likeness (QED) is 0.564. The van der Waals surface area contributed by atoms with E-state index in [9.17, 15) is 9.59 Å². The SMILES string of the molecule is CC#CC(=O)N1CCC(Nc2nc(N)c(C(N)=O)c(C#Cc3cc(OC)cc(OC)c3)n2)C1. The van der Waals surface area contributed by atoms with Crippen molar-refractivity contribution in [2.75, 3.05) is 38.4 Å². The molecule has 1 atom stereocenters. The maximum atomic E-state index is 12.0. The number of nitrogen functional groups attached to an aromatic ring is 1. The zero-order valence-electron chi connectivity index (χ0n) is 18.6. The van der Waals surface area contributed by atoms with Crippen molar-refractivity contribution >= 4 is 23.6 Å². The Kier molecular flexibility index (Phi) is 7.21. The van der Waals surface area contributed by atoms with Crippen LogP contribution in [0.2, 0.25) is 0 Å². The van der Waals surface area contributed by atoms with Gasteiger partial charge in [0.15, 0.2) is 0 Å². The molecule has 0 aliphatic carbocycles. The molecular formula is C23H24N6O4. The van der Waals surface area contributed by atoms with Gasteiger partial charge in [-0.15, -0.1) is 0 Å². The molecule has 33 heavy (non-hydrogen) atoms. The highest BCUT2D eigenvalue weighted by molar-refractivity contribution is 5.99. The average Bonchev–Trinajstić information content (AvgIpc) is 3.25. The first-order chi connectivity index (χ1) is 15.8. The highest BCUT2D eigenvalue weighted by Crippen LogP contribution is 2.22. The number of hydrogen-bond donors (Lipinski definition) is 3. The van der Waals surface area contributed by atoms with E-state index in [2.05, 4.69) is 39.0 Å². The van der Waals surface area contributed by atoms with Crippen LogP contribution in [-0.2, 0) is 4.79 Å². The molecule has 1 aromatic carbocycles. The number of aromatic nitrogens is 2. The van der Waals surface area contributed by atoms with E-state index in [4.69, 9.17) is 20.9 Å². The minimum Gasteiger partial charge on any atom is -0.497 e. The summed E-state index contributed by atoms with van der Waals surface area (Å²) >= 11 is 0. The number of carbonyl (C=O) groups is 2. The van der Waals surface area contributed by atoms with Gasteiger partial charge in [0.25, 0.3) is 11.8 Å². The summed E-state index contributed by atoms with van der Waals surface area (Å²) < 4.78 is 10.5. The Bertz CT molecular complexity index is 1180. The number of carbonyl (C=O) groups excluding carboxylic acids is 2. The minimum atomic E-state index is -0.789. The second-order valence-corrected chi connectivity index (χ2v) is 7.13. The third kappa shape index (κ3) is 5.63. The van der Waals surface area contributed by atoms with Gasteiger partial charge in [-0.1, -0.05) is 11.8 Å². The molecule has 1 fully saturated rings. The molecule has 1 unspecified atom stereocenters.